The maximum Gasteiger partial charge on any atom is 0.224 e. The van der Waals surface area contributed by atoms with Crippen molar-refractivity contribution in [2.24, 2.45) is 11.8 Å². The largest absolute Gasteiger partial charge is 0.326 e. The number of nitrogens with one attached hydrogen (secondary N) is 2. The fraction of sp³-hybridized carbons (Fsp3) is 0.632. The molecule has 0 spiro atoms. The molecule has 0 aliphatic carbocycles. The van der Waals surface area contributed by atoms with Crippen LogP contribution in [0, 0.1) is 18.8 Å². The minimum absolute atomic E-state index is 0. The highest BCUT2D eigenvalue weighted by Crippen LogP contribution is 2.25. The van der Waals surface area contributed by atoms with Gasteiger partial charge in [-0.3, -0.25) is 4.79 Å². The van der Waals surface area contributed by atoms with Gasteiger partial charge in [-0.2, -0.15) is 0 Å². The number of anilines is 1. The smallest absolute Gasteiger partial charge is 0.224 e. The summed E-state index contributed by atoms with van der Waals surface area (Å²) >= 11 is 0. The third-order valence-corrected chi connectivity index (χ3v) is 4.77. The highest BCUT2D eigenvalue weighted by atomic mass is 35.5. The van der Waals surface area contributed by atoms with Gasteiger partial charge < -0.3 is 15.5 Å². The number of amides is 1. The Morgan fingerprint density at radius 1 is 1.28 bits per heavy atom. The average Bonchev–Trinajstić information content (AvgIpc) is 2.51. The molecule has 1 heterocycles. The van der Waals surface area contributed by atoms with E-state index in [0.29, 0.717) is 18.3 Å². The molecule has 2 N–H and O–H groups in total. The van der Waals surface area contributed by atoms with Gasteiger partial charge in [0.15, 0.2) is 0 Å². The van der Waals surface area contributed by atoms with E-state index in [0.717, 1.165) is 30.9 Å². The zero-order valence-corrected chi connectivity index (χ0v) is 17.4. The van der Waals surface area contributed by atoms with E-state index in [-0.39, 0.29) is 30.7 Å². The number of benzene rings is 1. The molecule has 1 aliphatic heterocycles. The van der Waals surface area contributed by atoms with E-state index in [1.807, 2.05) is 6.92 Å². The van der Waals surface area contributed by atoms with Crippen LogP contribution in [0.5, 0.6) is 0 Å². The third-order valence-electron chi connectivity index (χ3n) is 4.77. The Labute approximate surface area is 164 Å². The molecule has 1 amide bonds. The summed E-state index contributed by atoms with van der Waals surface area (Å²) < 4.78 is 0. The van der Waals surface area contributed by atoms with Gasteiger partial charge >= 0.3 is 0 Å². The Hall–Kier alpha value is -0.810. The number of carbonyl (C=O) groups excluding carboxylic acids is 1. The van der Waals surface area contributed by atoms with Crippen LogP contribution in [0.15, 0.2) is 18.2 Å². The molecule has 1 unspecified atom stereocenters. The summed E-state index contributed by atoms with van der Waals surface area (Å²) in [7, 11) is 4.11. The van der Waals surface area contributed by atoms with Crippen molar-refractivity contribution in [3.63, 3.8) is 0 Å². The minimum Gasteiger partial charge on any atom is -0.326 e. The molecule has 1 aromatic rings. The predicted octanol–water partition coefficient (Wildman–Crippen LogP) is 3.86. The predicted molar refractivity (Wildman–Crippen MR) is 111 cm³/mol. The average molecular weight is 390 g/mol. The van der Waals surface area contributed by atoms with Crippen molar-refractivity contribution < 1.29 is 4.79 Å². The lowest BCUT2D eigenvalue weighted by Crippen LogP contribution is -2.32. The topological polar surface area (TPSA) is 44.4 Å². The van der Waals surface area contributed by atoms with Crippen molar-refractivity contribution in [1.29, 1.82) is 0 Å². The molecular weight excluding hydrogens is 357 g/mol. The second-order valence-electron chi connectivity index (χ2n) is 7.20. The normalized spacial score (nSPS) is 15.9. The molecule has 2 rings (SSSR count). The molecule has 1 fully saturated rings. The van der Waals surface area contributed by atoms with Gasteiger partial charge in [-0.05, 0) is 76.0 Å². The Bertz CT molecular complexity index is 531. The molecule has 0 bridgehead atoms. The first kappa shape index (κ1) is 24.2. The highest BCUT2D eigenvalue weighted by molar-refractivity contribution is 5.91. The van der Waals surface area contributed by atoms with Gasteiger partial charge in [0, 0.05) is 18.7 Å². The second kappa shape index (κ2) is 11.7. The zero-order valence-electron chi connectivity index (χ0n) is 15.8. The molecule has 25 heavy (non-hydrogen) atoms. The van der Waals surface area contributed by atoms with Gasteiger partial charge in [0.05, 0.1) is 0 Å². The molecule has 1 atom stereocenters. The third kappa shape index (κ3) is 7.95. The van der Waals surface area contributed by atoms with E-state index >= 15 is 0 Å². The van der Waals surface area contributed by atoms with Crippen molar-refractivity contribution in [3.05, 3.63) is 29.3 Å². The molecule has 6 heteroatoms. The molecule has 144 valence electrons. The first-order chi connectivity index (χ1) is 11.0. The monoisotopic (exact) mass is 389 g/mol. The van der Waals surface area contributed by atoms with E-state index in [9.17, 15) is 4.79 Å². The second-order valence-corrected chi connectivity index (χ2v) is 7.20. The number of halogens is 2. The highest BCUT2D eigenvalue weighted by Gasteiger charge is 2.22. The van der Waals surface area contributed by atoms with Crippen molar-refractivity contribution in [2.45, 2.75) is 39.7 Å². The molecular formula is C19H33Cl2N3O. The van der Waals surface area contributed by atoms with Crippen molar-refractivity contribution in [2.75, 3.05) is 32.5 Å². The van der Waals surface area contributed by atoms with E-state index in [4.69, 9.17) is 0 Å². The lowest BCUT2D eigenvalue weighted by molar-refractivity contribution is -0.117. The van der Waals surface area contributed by atoms with Crippen LogP contribution in [-0.4, -0.2) is 38.0 Å². The lowest BCUT2D eigenvalue weighted by atomic mass is 9.84. The number of carbonyl (C=O) groups is 1. The summed E-state index contributed by atoms with van der Waals surface area (Å²) in [5.41, 5.74) is 3.30. The van der Waals surface area contributed by atoms with Crippen LogP contribution in [0.4, 0.5) is 5.69 Å². The van der Waals surface area contributed by atoms with Crippen LogP contribution in [0.25, 0.3) is 0 Å². The van der Waals surface area contributed by atoms with E-state index < -0.39 is 0 Å². The van der Waals surface area contributed by atoms with Gasteiger partial charge in [-0.25, -0.2) is 0 Å². The molecule has 0 aromatic heterocycles. The number of hydrogen-bond donors (Lipinski definition) is 2. The number of piperidine rings is 1. The van der Waals surface area contributed by atoms with Gasteiger partial charge in [0.25, 0.3) is 0 Å². The molecule has 1 aromatic carbocycles. The summed E-state index contributed by atoms with van der Waals surface area (Å²) in [5, 5.41) is 6.51. The molecule has 1 saturated heterocycles. The Kier molecular flexibility index (Phi) is 11.4. The van der Waals surface area contributed by atoms with E-state index in [2.05, 4.69) is 54.8 Å². The summed E-state index contributed by atoms with van der Waals surface area (Å²) in [5.74, 6) is 1.26. The summed E-state index contributed by atoms with van der Waals surface area (Å²) in [4.78, 5) is 14.5. The van der Waals surface area contributed by atoms with Crippen molar-refractivity contribution >= 4 is 36.4 Å². The van der Waals surface area contributed by atoms with Crippen molar-refractivity contribution in [1.82, 2.24) is 10.2 Å². The van der Waals surface area contributed by atoms with Gasteiger partial charge in [0.2, 0.25) is 5.91 Å². The minimum atomic E-state index is 0. The first-order valence-corrected chi connectivity index (χ1v) is 8.70. The van der Waals surface area contributed by atoms with Crippen LogP contribution in [-0.2, 0) is 11.3 Å². The van der Waals surface area contributed by atoms with Crippen LogP contribution in [0.1, 0.15) is 37.3 Å². The summed E-state index contributed by atoms with van der Waals surface area (Å²) in [6.45, 7) is 7.31. The fourth-order valence-corrected chi connectivity index (χ4v) is 3.34. The quantitative estimate of drug-likeness (QED) is 0.775. The van der Waals surface area contributed by atoms with Gasteiger partial charge in [0.1, 0.15) is 0 Å². The maximum atomic E-state index is 12.4. The zero-order chi connectivity index (χ0) is 16.8. The first-order valence-electron chi connectivity index (χ1n) is 8.70. The van der Waals surface area contributed by atoms with Crippen LogP contribution >= 0.6 is 24.8 Å². The Morgan fingerprint density at radius 2 is 1.92 bits per heavy atom. The fourth-order valence-electron chi connectivity index (χ4n) is 3.34. The maximum absolute atomic E-state index is 12.4. The van der Waals surface area contributed by atoms with E-state index in [1.165, 1.54) is 18.4 Å². The number of nitrogens with zero attached hydrogens (tertiary/aromatic N) is 1. The number of rotatable bonds is 6. The molecule has 0 radical (unpaired) electrons. The molecule has 4 nitrogen and oxygen atoms in total. The molecule has 1 aliphatic rings. The Balaban J connectivity index is 0.00000288. The SMILES string of the molecule is Cc1ccc(CN(C)C)cc1NC(=O)CC(C)C1CCNCC1.Cl.Cl. The van der Waals surface area contributed by atoms with E-state index in [1.54, 1.807) is 0 Å². The van der Waals surface area contributed by atoms with Gasteiger partial charge in [-0.15, -0.1) is 24.8 Å². The Morgan fingerprint density at radius 3 is 2.52 bits per heavy atom. The van der Waals surface area contributed by atoms with Crippen LogP contribution < -0.4 is 10.6 Å². The van der Waals surface area contributed by atoms with Crippen LogP contribution in [0.3, 0.4) is 0 Å². The summed E-state index contributed by atoms with van der Waals surface area (Å²) in [6.07, 6.45) is 2.99. The summed E-state index contributed by atoms with van der Waals surface area (Å²) in [6, 6.07) is 6.32. The molecule has 0 saturated carbocycles. The number of aryl methyl sites for hydroxylation is 1. The van der Waals surface area contributed by atoms with Crippen LogP contribution in [0.2, 0.25) is 0 Å². The standard InChI is InChI=1S/C19H31N3O.2ClH/c1-14-5-6-16(13-22(3)4)12-18(14)21-19(23)11-15(2)17-7-9-20-10-8-17;;/h5-6,12,15,17,20H,7-11,13H2,1-4H3,(H,21,23);2*1H. The van der Waals surface area contributed by atoms with Gasteiger partial charge in [-0.1, -0.05) is 19.1 Å². The van der Waals surface area contributed by atoms with Crippen molar-refractivity contribution in [3.8, 4) is 0 Å². The number of hydrogen-bond acceptors (Lipinski definition) is 3. The lowest BCUT2D eigenvalue weighted by Gasteiger charge is -2.28.